The number of aryl methyl sites for hydroxylation is 1. The number of nitrogens with two attached hydrogens (primary N) is 1. The van der Waals surface area contributed by atoms with Crippen molar-refractivity contribution >= 4 is 34.1 Å². The molecule has 19 heavy (non-hydrogen) atoms. The molecule has 0 saturated heterocycles. The van der Waals surface area contributed by atoms with Gasteiger partial charge in [0.2, 0.25) is 0 Å². The molecule has 1 heterocycles. The van der Waals surface area contributed by atoms with Crippen LogP contribution in [0.4, 0.5) is 5.13 Å². The van der Waals surface area contributed by atoms with E-state index in [1.54, 1.807) is 18.7 Å². The molecule has 0 aliphatic rings. The Labute approximate surface area is 120 Å². The Bertz CT molecular complexity index is 595. The fourth-order valence-corrected chi connectivity index (χ4v) is 3.10. The number of carbonyl (C=O) groups excluding carboxylic acids is 1. The summed E-state index contributed by atoms with van der Waals surface area (Å²) in [5.41, 5.74) is 7.38. The minimum Gasteiger partial charge on any atom is -0.375 e. The van der Waals surface area contributed by atoms with Crippen molar-refractivity contribution in [3.63, 3.8) is 0 Å². The van der Waals surface area contributed by atoms with Gasteiger partial charge in [-0.3, -0.25) is 4.79 Å². The number of hydrogen-bond acceptors (Lipinski definition) is 5. The number of thiazole rings is 1. The predicted molar refractivity (Wildman–Crippen MR) is 80.7 cm³/mol. The molecule has 6 heteroatoms. The van der Waals surface area contributed by atoms with E-state index in [9.17, 15) is 4.79 Å². The molecule has 0 bridgehead atoms. The van der Waals surface area contributed by atoms with E-state index in [0.29, 0.717) is 22.2 Å². The molecule has 2 aromatic rings. The number of hydrogen-bond donors (Lipinski definition) is 2. The average molecular weight is 293 g/mol. The Morgan fingerprint density at radius 3 is 2.84 bits per heavy atom. The third kappa shape index (κ3) is 3.27. The summed E-state index contributed by atoms with van der Waals surface area (Å²) in [4.78, 5) is 17.9. The molecule has 3 N–H and O–H groups in total. The highest BCUT2D eigenvalue weighted by molar-refractivity contribution is 7.98. The molecule has 1 aromatic heterocycles. The Morgan fingerprint density at radius 1 is 1.47 bits per heavy atom. The molecule has 0 aliphatic heterocycles. The number of nitrogens with one attached hydrogen (secondary N) is 1. The third-order valence-corrected chi connectivity index (χ3v) is 4.47. The molecule has 100 valence electrons. The molecule has 2 rings (SSSR count). The van der Waals surface area contributed by atoms with Crippen molar-refractivity contribution in [1.82, 2.24) is 10.3 Å². The van der Waals surface area contributed by atoms with Crippen molar-refractivity contribution in [3.05, 3.63) is 40.4 Å². The second kappa shape index (κ2) is 6.08. The standard InChI is InChI=1S/C13H15N3OS2/c1-8-11(19-13(14)16-8)12(17)15-7-9-5-3-4-6-10(9)18-2/h3-6H,7H2,1-2H3,(H2,14,16)(H,15,17). The van der Waals surface area contributed by atoms with Gasteiger partial charge in [-0.05, 0) is 24.8 Å². The normalized spacial score (nSPS) is 10.4. The lowest BCUT2D eigenvalue weighted by molar-refractivity contribution is 0.0954. The number of amides is 1. The van der Waals surface area contributed by atoms with Gasteiger partial charge in [0.1, 0.15) is 4.88 Å². The van der Waals surface area contributed by atoms with E-state index < -0.39 is 0 Å². The molecular formula is C13H15N3OS2. The zero-order valence-corrected chi connectivity index (χ0v) is 12.4. The van der Waals surface area contributed by atoms with E-state index in [1.807, 2.05) is 30.5 Å². The highest BCUT2D eigenvalue weighted by atomic mass is 32.2. The Hall–Kier alpha value is -1.53. The maximum atomic E-state index is 12.0. The molecule has 0 atom stereocenters. The monoisotopic (exact) mass is 293 g/mol. The van der Waals surface area contributed by atoms with Crippen LogP contribution in [0.5, 0.6) is 0 Å². The van der Waals surface area contributed by atoms with Gasteiger partial charge in [-0.25, -0.2) is 4.98 Å². The van der Waals surface area contributed by atoms with Gasteiger partial charge in [-0.2, -0.15) is 0 Å². The highest BCUT2D eigenvalue weighted by Crippen LogP contribution is 2.21. The van der Waals surface area contributed by atoms with Crippen LogP contribution in [-0.2, 0) is 6.54 Å². The summed E-state index contributed by atoms with van der Waals surface area (Å²) in [6.45, 7) is 2.30. The Morgan fingerprint density at radius 2 is 2.21 bits per heavy atom. The zero-order valence-electron chi connectivity index (χ0n) is 10.8. The van der Waals surface area contributed by atoms with E-state index in [2.05, 4.69) is 10.3 Å². The van der Waals surface area contributed by atoms with Crippen LogP contribution < -0.4 is 11.1 Å². The van der Waals surface area contributed by atoms with Crippen LogP contribution in [0.2, 0.25) is 0 Å². The number of benzene rings is 1. The molecule has 0 radical (unpaired) electrons. The van der Waals surface area contributed by atoms with Crippen LogP contribution in [-0.4, -0.2) is 17.1 Å². The number of anilines is 1. The summed E-state index contributed by atoms with van der Waals surface area (Å²) < 4.78 is 0. The smallest absolute Gasteiger partial charge is 0.263 e. The van der Waals surface area contributed by atoms with Gasteiger partial charge < -0.3 is 11.1 Å². The maximum Gasteiger partial charge on any atom is 0.263 e. The molecule has 0 aliphatic carbocycles. The van der Waals surface area contributed by atoms with Gasteiger partial charge in [0.15, 0.2) is 5.13 Å². The lowest BCUT2D eigenvalue weighted by Gasteiger charge is -2.08. The first-order chi connectivity index (χ1) is 9.11. The topological polar surface area (TPSA) is 68.0 Å². The van der Waals surface area contributed by atoms with E-state index in [1.165, 1.54) is 16.2 Å². The Kier molecular flexibility index (Phi) is 4.44. The molecule has 4 nitrogen and oxygen atoms in total. The van der Waals surface area contributed by atoms with Crippen LogP contribution >= 0.6 is 23.1 Å². The molecule has 0 fully saturated rings. The highest BCUT2D eigenvalue weighted by Gasteiger charge is 2.14. The van der Waals surface area contributed by atoms with Crippen LogP contribution in [0.3, 0.4) is 0 Å². The van der Waals surface area contributed by atoms with Crippen molar-refractivity contribution in [2.75, 3.05) is 12.0 Å². The summed E-state index contributed by atoms with van der Waals surface area (Å²) in [5.74, 6) is -0.123. The molecule has 0 unspecified atom stereocenters. The summed E-state index contributed by atoms with van der Waals surface area (Å²) in [7, 11) is 0. The molecule has 0 saturated carbocycles. The van der Waals surface area contributed by atoms with Crippen molar-refractivity contribution in [1.29, 1.82) is 0 Å². The van der Waals surface area contributed by atoms with Crippen LogP contribution in [0.15, 0.2) is 29.2 Å². The first kappa shape index (κ1) is 13.9. The van der Waals surface area contributed by atoms with E-state index in [0.717, 1.165) is 5.56 Å². The number of carbonyl (C=O) groups is 1. The summed E-state index contributed by atoms with van der Waals surface area (Å²) in [5, 5.41) is 3.33. The van der Waals surface area contributed by atoms with Crippen LogP contribution in [0, 0.1) is 6.92 Å². The number of nitrogens with zero attached hydrogens (tertiary/aromatic N) is 1. The summed E-state index contributed by atoms with van der Waals surface area (Å²) in [6, 6.07) is 8.02. The van der Waals surface area contributed by atoms with Crippen molar-refractivity contribution in [2.24, 2.45) is 0 Å². The minimum absolute atomic E-state index is 0.123. The van der Waals surface area contributed by atoms with Crippen LogP contribution in [0.1, 0.15) is 20.9 Å². The van der Waals surface area contributed by atoms with Gasteiger partial charge in [-0.1, -0.05) is 29.5 Å². The van der Waals surface area contributed by atoms with Crippen molar-refractivity contribution < 1.29 is 4.79 Å². The fraction of sp³-hybridized carbons (Fsp3) is 0.231. The first-order valence-electron chi connectivity index (χ1n) is 5.75. The number of thioether (sulfide) groups is 1. The number of aromatic nitrogens is 1. The van der Waals surface area contributed by atoms with E-state index in [-0.39, 0.29) is 5.91 Å². The second-order valence-electron chi connectivity index (χ2n) is 3.96. The first-order valence-corrected chi connectivity index (χ1v) is 7.79. The fourth-order valence-electron chi connectivity index (χ4n) is 1.73. The molecule has 1 amide bonds. The number of nitrogen functional groups attached to an aromatic ring is 1. The maximum absolute atomic E-state index is 12.0. The largest absolute Gasteiger partial charge is 0.375 e. The number of rotatable bonds is 4. The lowest BCUT2D eigenvalue weighted by Crippen LogP contribution is -2.22. The van der Waals surface area contributed by atoms with Gasteiger partial charge >= 0.3 is 0 Å². The lowest BCUT2D eigenvalue weighted by atomic mass is 10.2. The van der Waals surface area contributed by atoms with Crippen molar-refractivity contribution in [3.8, 4) is 0 Å². The minimum atomic E-state index is -0.123. The quantitative estimate of drug-likeness (QED) is 0.850. The Balaban J connectivity index is 2.06. The summed E-state index contributed by atoms with van der Waals surface area (Å²) >= 11 is 2.89. The molecule has 1 aromatic carbocycles. The third-order valence-electron chi connectivity index (χ3n) is 2.65. The van der Waals surface area contributed by atoms with Gasteiger partial charge in [0.05, 0.1) is 5.69 Å². The van der Waals surface area contributed by atoms with Crippen LogP contribution in [0.25, 0.3) is 0 Å². The summed E-state index contributed by atoms with van der Waals surface area (Å²) in [6.07, 6.45) is 2.02. The molecule has 0 spiro atoms. The average Bonchev–Trinajstić information content (AvgIpc) is 2.75. The van der Waals surface area contributed by atoms with E-state index >= 15 is 0 Å². The van der Waals surface area contributed by atoms with Gasteiger partial charge in [0, 0.05) is 11.4 Å². The SMILES string of the molecule is CSc1ccccc1CNC(=O)c1sc(N)nc1C. The molecular weight excluding hydrogens is 278 g/mol. The predicted octanol–water partition coefficient (Wildman–Crippen LogP) is 2.69. The van der Waals surface area contributed by atoms with E-state index in [4.69, 9.17) is 5.73 Å². The van der Waals surface area contributed by atoms with Gasteiger partial charge in [-0.15, -0.1) is 11.8 Å². The second-order valence-corrected chi connectivity index (χ2v) is 5.84. The zero-order chi connectivity index (χ0) is 13.8. The van der Waals surface area contributed by atoms with Gasteiger partial charge in [0.25, 0.3) is 5.91 Å². The van der Waals surface area contributed by atoms with Crippen molar-refractivity contribution in [2.45, 2.75) is 18.4 Å².